The van der Waals surface area contributed by atoms with Gasteiger partial charge in [0.15, 0.2) is 0 Å². The summed E-state index contributed by atoms with van der Waals surface area (Å²) in [7, 11) is 0. The van der Waals surface area contributed by atoms with Crippen molar-refractivity contribution in [3.8, 4) is 0 Å². The van der Waals surface area contributed by atoms with Gasteiger partial charge < -0.3 is 5.11 Å². The average molecular weight is 246 g/mol. The second-order valence-corrected chi connectivity index (χ2v) is 4.74. The molecule has 0 amide bonds. The second kappa shape index (κ2) is 5.80. The lowest BCUT2D eigenvalue weighted by Gasteiger charge is -2.08. The highest BCUT2D eigenvalue weighted by atomic mass is 32.2. The minimum absolute atomic E-state index is 0.367. The molecule has 17 heavy (non-hydrogen) atoms. The van der Waals surface area contributed by atoms with Crippen molar-refractivity contribution >= 4 is 11.8 Å². The molecule has 0 spiro atoms. The predicted octanol–water partition coefficient (Wildman–Crippen LogP) is 3.07. The molecule has 2 aromatic rings. The lowest BCUT2D eigenvalue weighted by Crippen LogP contribution is -1.94. The molecule has 0 fully saturated rings. The van der Waals surface area contributed by atoms with E-state index in [1.54, 1.807) is 18.0 Å². The maximum atomic E-state index is 9.68. The predicted molar refractivity (Wildman–Crippen MR) is 67.8 cm³/mol. The van der Waals surface area contributed by atoms with Crippen LogP contribution < -0.4 is 0 Å². The van der Waals surface area contributed by atoms with Gasteiger partial charge in [0, 0.05) is 11.1 Å². The maximum Gasteiger partial charge on any atom is 0.116 e. The van der Waals surface area contributed by atoms with Crippen LogP contribution in [0.25, 0.3) is 0 Å². The molecule has 1 aromatic heterocycles. The Morgan fingerprint density at radius 2 is 2.00 bits per heavy atom. The summed E-state index contributed by atoms with van der Waals surface area (Å²) in [6.45, 7) is 1.97. The second-order valence-electron chi connectivity index (χ2n) is 3.64. The molecule has 1 N–H and O–H groups in total. The van der Waals surface area contributed by atoms with Crippen molar-refractivity contribution in [2.24, 2.45) is 0 Å². The van der Waals surface area contributed by atoms with Gasteiger partial charge in [-0.1, -0.05) is 30.8 Å². The Bertz CT molecular complexity index is 459. The molecule has 1 heterocycles. The minimum Gasteiger partial charge on any atom is -0.388 e. The quantitative estimate of drug-likeness (QED) is 0.842. The van der Waals surface area contributed by atoms with Crippen LogP contribution in [-0.2, 0) is 0 Å². The highest BCUT2D eigenvalue weighted by Crippen LogP contribution is 2.27. The fourth-order valence-electron chi connectivity index (χ4n) is 1.45. The van der Waals surface area contributed by atoms with E-state index in [0.29, 0.717) is 0 Å². The molecule has 88 valence electrons. The average Bonchev–Trinajstić information content (AvgIpc) is 2.40. The normalized spacial score (nSPS) is 12.4. The summed E-state index contributed by atoms with van der Waals surface area (Å²) in [4.78, 5) is 9.14. The van der Waals surface area contributed by atoms with Gasteiger partial charge in [-0.3, -0.25) is 0 Å². The first kappa shape index (κ1) is 12.1. The summed E-state index contributed by atoms with van der Waals surface area (Å²) in [5, 5.41) is 10.6. The molecule has 0 aliphatic carbocycles. The SMILES string of the molecule is CCC(O)c1ccc(Sc2ccncn2)cc1. The Labute approximate surface area is 105 Å². The zero-order valence-electron chi connectivity index (χ0n) is 9.58. The van der Waals surface area contributed by atoms with Crippen molar-refractivity contribution in [1.29, 1.82) is 0 Å². The molecule has 1 aromatic carbocycles. The lowest BCUT2D eigenvalue weighted by atomic mass is 10.1. The van der Waals surface area contributed by atoms with Crippen LogP contribution in [0.4, 0.5) is 0 Å². The molecule has 2 rings (SSSR count). The third kappa shape index (κ3) is 3.28. The number of hydrogen-bond acceptors (Lipinski definition) is 4. The Morgan fingerprint density at radius 3 is 2.59 bits per heavy atom. The van der Waals surface area contributed by atoms with Crippen LogP contribution in [0.2, 0.25) is 0 Å². The number of aliphatic hydroxyl groups is 1. The van der Waals surface area contributed by atoms with Gasteiger partial charge in [0.1, 0.15) is 11.4 Å². The summed E-state index contributed by atoms with van der Waals surface area (Å²) in [6, 6.07) is 9.79. The third-order valence-corrected chi connectivity index (χ3v) is 3.39. The van der Waals surface area contributed by atoms with Gasteiger partial charge in [-0.15, -0.1) is 0 Å². The summed E-state index contributed by atoms with van der Waals surface area (Å²) < 4.78 is 0. The van der Waals surface area contributed by atoms with Crippen LogP contribution in [0, 0.1) is 0 Å². The molecule has 0 saturated carbocycles. The van der Waals surface area contributed by atoms with E-state index in [9.17, 15) is 5.11 Å². The molecule has 0 bridgehead atoms. The third-order valence-electron chi connectivity index (χ3n) is 2.43. The zero-order chi connectivity index (χ0) is 12.1. The molecule has 0 aliphatic heterocycles. The number of nitrogens with zero attached hydrogens (tertiary/aromatic N) is 2. The van der Waals surface area contributed by atoms with Gasteiger partial charge in [0.25, 0.3) is 0 Å². The van der Waals surface area contributed by atoms with Gasteiger partial charge in [-0.25, -0.2) is 9.97 Å². The van der Waals surface area contributed by atoms with Crippen LogP contribution in [0.3, 0.4) is 0 Å². The van der Waals surface area contributed by atoms with Crippen molar-refractivity contribution in [2.45, 2.75) is 29.4 Å². The van der Waals surface area contributed by atoms with Crippen LogP contribution in [-0.4, -0.2) is 15.1 Å². The molecule has 0 aliphatic rings. The van der Waals surface area contributed by atoms with Gasteiger partial charge in [-0.2, -0.15) is 0 Å². The van der Waals surface area contributed by atoms with Gasteiger partial charge in [0.05, 0.1) is 6.10 Å². The van der Waals surface area contributed by atoms with E-state index in [-0.39, 0.29) is 6.10 Å². The molecule has 3 nitrogen and oxygen atoms in total. The van der Waals surface area contributed by atoms with Crippen molar-refractivity contribution in [3.05, 3.63) is 48.4 Å². The minimum atomic E-state index is -0.367. The first-order chi connectivity index (χ1) is 8.29. The van der Waals surface area contributed by atoms with E-state index in [2.05, 4.69) is 9.97 Å². The first-order valence-electron chi connectivity index (χ1n) is 5.51. The summed E-state index contributed by atoms with van der Waals surface area (Å²) >= 11 is 1.58. The molecule has 1 atom stereocenters. The highest BCUT2D eigenvalue weighted by molar-refractivity contribution is 7.99. The monoisotopic (exact) mass is 246 g/mol. The summed E-state index contributed by atoms with van der Waals surface area (Å²) in [6.07, 6.45) is 3.63. The number of hydrogen-bond donors (Lipinski definition) is 1. The number of benzene rings is 1. The van der Waals surface area contributed by atoms with Crippen LogP contribution in [0.1, 0.15) is 25.0 Å². The Hall–Kier alpha value is -1.39. The highest BCUT2D eigenvalue weighted by Gasteiger charge is 2.04. The van der Waals surface area contributed by atoms with E-state index >= 15 is 0 Å². The van der Waals surface area contributed by atoms with Crippen molar-refractivity contribution in [3.63, 3.8) is 0 Å². The Morgan fingerprint density at radius 1 is 1.24 bits per heavy atom. The van der Waals surface area contributed by atoms with Crippen molar-refractivity contribution in [1.82, 2.24) is 9.97 Å². The molecule has 0 radical (unpaired) electrons. The molecular weight excluding hydrogens is 232 g/mol. The van der Waals surface area contributed by atoms with Crippen molar-refractivity contribution < 1.29 is 5.11 Å². The standard InChI is InChI=1S/C13H14N2OS/c1-2-12(16)10-3-5-11(6-4-10)17-13-7-8-14-9-15-13/h3-9,12,16H,2H2,1H3. The smallest absolute Gasteiger partial charge is 0.116 e. The van der Waals surface area contributed by atoms with Crippen LogP contribution in [0.15, 0.2) is 52.8 Å². The number of aromatic nitrogens is 2. The fourth-order valence-corrected chi connectivity index (χ4v) is 2.20. The van der Waals surface area contributed by atoms with Crippen LogP contribution in [0.5, 0.6) is 0 Å². The first-order valence-corrected chi connectivity index (χ1v) is 6.33. The van der Waals surface area contributed by atoms with Crippen LogP contribution >= 0.6 is 11.8 Å². The van der Waals surface area contributed by atoms with Gasteiger partial charge >= 0.3 is 0 Å². The summed E-state index contributed by atoms with van der Waals surface area (Å²) in [5.41, 5.74) is 0.958. The van der Waals surface area contributed by atoms with E-state index in [1.807, 2.05) is 37.3 Å². The van der Waals surface area contributed by atoms with E-state index in [1.165, 1.54) is 6.33 Å². The molecule has 4 heteroatoms. The number of rotatable bonds is 4. The van der Waals surface area contributed by atoms with Crippen molar-refractivity contribution in [2.75, 3.05) is 0 Å². The largest absolute Gasteiger partial charge is 0.388 e. The topological polar surface area (TPSA) is 46.0 Å². The molecule has 0 saturated heterocycles. The number of aliphatic hydroxyl groups excluding tert-OH is 1. The maximum absolute atomic E-state index is 9.68. The van der Waals surface area contributed by atoms with E-state index in [0.717, 1.165) is 21.9 Å². The molecule has 1 unspecified atom stereocenters. The zero-order valence-corrected chi connectivity index (χ0v) is 10.4. The fraction of sp³-hybridized carbons (Fsp3) is 0.231. The lowest BCUT2D eigenvalue weighted by molar-refractivity contribution is 0.173. The van der Waals surface area contributed by atoms with E-state index < -0.39 is 0 Å². The Kier molecular flexibility index (Phi) is 4.12. The summed E-state index contributed by atoms with van der Waals surface area (Å²) in [5.74, 6) is 0. The van der Waals surface area contributed by atoms with E-state index in [4.69, 9.17) is 0 Å². The van der Waals surface area contributed by atoms with Gasteiger partial charge in [-0.05, 0) is 30.2 Å². The van der Waals surface area contributed by atoms with Gasteiger partial charge in [0.2, 0.25) is 0 Å². The Balaban J connectivity index is 2.08. The molecular formula is C13H14N2OS.